The van der Waals surface area contributed by atoms with Gasteiger partial charge in [-0.25, -0.2) is 0 Å². The van der Waals surface area contributed by atoms with Crippen LogP contribution in [0.3, 0.4) is 0 Å². The van der Waals surface area contributed by atoms with Crippen LogP contribution in [0.4, 0.5) is 0 Å². The van der Waals surface area contributed by atoms with Gasteiger partial charge in [-0.05, 0) is 44.4 Å². The third kappa shape index (κ3) is 3.35. The van der Waals surface area contributed by atoms with Gasteiger partial charge in [0, 0.05) is 49.0 Å². The molecule has 0 radical (unpaired) electrons. The summed E-state index contributed by atoms with van der Waals surface area (Å²) in [6, 6.07) is 8.16. The van der Waals surface area contributed by atoms with E-state index in [0.717, 1.165) is 79.5 Å². The lowest BCUT2D eigenvalue weighted by atomic mass is 10.0. The van der Waals surface area contributed by atoms with Gasteiger partial charge in [0.15, 0.2) is 11.3 Å². The molecule has 6 nitrogen and oxygen atoms in total. The number of amides is 1. The van der Waals surface area contributed by atoms with Gasteiger partial charge in [-0.15, -0.1) is 0 Å². The van der Waals surface area contributed by atoms with Crippen LogP contribution in [0.5, 0.6) is 5.75 Å². The number of furan rings is 1. The van der Waals surface area contributed by atoms with Crippen molar-refractivity contribution in [3.63, 3.8) is 0 Å². The molecule has 6 heteroatoms. The summed E-state index contributed by atoms with van der Waals surface area (Å²) in [5, 5.41) is 1.17. The van der Waals surface area contributed by atoms with E-state index in [-0.39, 0.29) is 5.91 Å². The second-order valence-corrected chi connectivity index (χ2v) is 8.12. The molecule has 0 fully saturated rings. The Morgan fingerprint density at radius 3 is 2.97 bits per heavy atom. The van der Waals surface area contributed by atoms with Crippen molar-refractivity contribution in [1.29, 1.82) is 0 Å². The summed E-state index contributed by atoms with van der Waals surface area (Å²) < 4.78 is 12.0. The van der Waals surface area contributed by atoms with Crippen molar-refractivity contribution < 1.29 is 13.9 Å². The molecule has 0 aliphatic carbocycles. The monoisotopic (exact) mass is 405 g/mol. The van der Waals surface area contributed by atoms with Crippen molar-refractivity contribution in [1.82, 2.24) is 14.8 Å². The van der Waals surface area contributed by atoms with Crippen LogP contribution in [0.2, 0.25) is 0 Å². The number of hydrogen-bond acceptors (Lipinski definition) is 5. The summed E-state index contributed by atoms with van der Waals surface area (Å²) in [5.41, 5.74) is 5.01. The molecule has 0 saturated carbocycles. The maximum atomic E-state index is 12.9. The number of nitrogens with zero attached hydrogens (tertiary/aromatic N) is 3. The van der Waals surface area contributed by atoms with Crippen molar-refractivity contribution in [2.45, 2.75) is 33.2 Å². The Balaban J connectivity index is 1.27. The molecular formula is C24H27N3O3. The topological polar surface area (TPSA) is 58.8 Å². The van der Waals surface area contributed by atoms with E-state index in [9.17, 15) is 4.79 Å². The number of aryl methyl sites for hydroxylation is 1. The molecule has 2 aromatic heterocycles. The molecule has 0 saturated heterocycles. The summed E-state index contributed by atoms with van der Waals surface area (Å²) >= 11 is 0. The zero-order chi connectivity index (χ0) is 20.7. The number of fused-ring (bicyclic) bond motifs is 4. The van der Waals surface area contributed by atoms with Gasteiger partial charge in [0.05, 0.1) is 18.7 Å². The standard InChI is InChI=1S/C24H27N3O3/c1-3-29-21-6-4-5-19-18-8-9-26(15-22(18)30-23(19)21)11-12-27-10-7-17-13-16(2)25-14-20(17)24(27)28/h4-6,13-14H,3,7-12,15H2,1-2H3. The lowest BCUT2D eigenvalue weighted by Gasteiger charge is -2.32. The van der Waals surface area contributed by atoms with E-state index in [4.69, 9.17) is 9.15 Å². The smallest absolute Gasteiger partial charge is 0.255 e. The highest BCUT2D eigenvalue weighted by atomic mass is 16.5. The molecular weight excluding hydrogens is 378 g/mol. The highest BCUT2D eigenvalue weighted by Gasteiger charge is 2.27. The van der Waals surface area contributed by atoms with Gasteiger partial charge in [0.25, 0.3) is 5.91 Å². The number of benzene rings is 1. The Kier molecular flexibility index (Phi) is 4.95. The molecule has 5 rings (SSSR count). The average Bonchev–Trinajstić information content (AvgIpc) is 3.12. The van der Waals surface area contributed by atoms with E-state index < -0.39 is 0 Å². The summed E-state index contributed by atoms with van der Waals surface area (Å²) in [5.74, 6) is 1.95. The Labute approximate surface area is 176 Å². The minimum Gasteiger partial charge on any atom is -0.490 e. The van der Waals surface area contributed by atoms with E-state index in [0.29, 0.717) is 6.61 Å². The minimum atomic E-state index is 0.103. The van der Waals surface area contributed by atoms with E-state index in [1.807, 2.05) is 36.9 Å². The Morgan fingerprint density at radius 2 is 2.10 bits per heavy atom. The van der Waals surface area contributed by atoms with Crippen LogP contribution >= 0.6 is 0 Å². The van der Waals surface area contributed by atoms with Crippen LogP contribution in [0, 0.1) is 6.92 Å². The molecule has 1 amide bonds. The zero-order valence-corrected chi connectivity index (χ0v) is 17.6. The molecule has 0 unspecified atom stereocenters. The molecule has 156 valence electrons. The molecule has 0 N–H and O–H groups in total. The molecule has 0 spiro atoms. The Bertz CT molecular complexity index is 1100. The van der Waals surface area contributed by atoms with E-state index in [1.54, 1.807) is 6.20 Å². The van der Waals surface area contributed by atoms with Gasteiger partial charge in [-0.1, -0.05) is 12.1 Å². The zero-order valence-electron chi connectivity index (χ0n) is 17.6. The van der Waals surface area contributed by atoms with Gasteiger partial charge in [0.2, 0.25) is 0 Å². The Morgan fingerprint density at radius 1 is 1.20 bits per heavy atom. The average molecular weight is 405 g/mol. The second-order valence-electron chi connectivity index (χ2n) is 8.12. The predicted molar refractivity (Wildman–Crippen MR) is 115 cm³/mol. The fraction of sp³-hybridized carbons (Fsp3) is 0.417. The van der Waals surface area contributed by atoms with Gasteiger partial charge in [0.1, 0.15) is 5.76 Å². The molecule has 4 heterocycles. The van der Waals surface area contributed by atoms with Crippen LogP contribution < -0.4 is 4.74 Å². The van der Waals surface area contributed by atoms with Crippen molar-refractivity contribution >= 4 is 16.9 Å². The third-order valence-corrected chi connectivity index (χ3v) is 6.19. The van der Waals surface area contributed by atoms with E-state index in [1.165, 1.54) is 10.9 Å². The summed E-state index contributed by atoms with van der Waals surface area (Å²) in [6.07, 6.45) is 3.59. The molecule has 30 heavy (non-hydrogen) atoms. The summed E-state index contributed by atoms with van der Waals surface area (Å²) in [4.78, 5) is 21.5. The maximum absolute atomic E-state index is 12.9. The van der Waals surface area contributed by atoms with Gasteiger partial charge in [-0.3, -0.25) is 14.7 Å². The van der Waals surface area contributed by atoms with Gasteiger partial charge in [-0.2, -0.15) is 0 Å². The van der Waals surface area contributed by atoms with Crippen LogP contribution in [0.15, 0.2) is 34.9 Å². The predicted octanol–water partition coefficient (Wildman–Crippen LogP) is 3.59. The first kappa shape index (κ1) is 19.1. The lowest BCUT2D eigenvalue weighted by Crippen LogP contribution is -2.43. The third-order valence-electron chi connectivity index (χ3n) is 6.19. The van der Waals surface area contributed by atoms with E-state index >= 15 is 0 Å². The fourth-order valence-electron chi connectivity index (χ4n) is 4.63. The number of pyridine rings is 1. The number of hydrogen-bond donors (Lipinski definition) is 0. The number of aromatic nitrogens is 1. The Hall–Kier alpha value is -2.86. The van der Waals surface area contributed by atoms with Crippen molar-refractivity contribution in [2.75, 3.05) is 32.8 Å². The largest absolute Gasteiger partial charge is 0.490 e. The van der Waals surface area contributed by atoms with E-state index in [2.05, 4.69) is 16.0 Å². The number of carbonyl (C=O) groups excluding carboxylic acids is 1. The van der Waals surface area contributed by atoms with Crippen molar-refractivity contribution in [2.24, 2.45) is 0 Å². The highest BCUT2D eigenvalue weighted by molar-refractivity contribution is 5.96. The first-order valence-corrected chi connectivity index (χ1v) is 10.8. The SMILES string of the molecule is CCOc1cccc2c3c(oc12)CN(CCN1CCc2cc(C)ncc2C1=O)CC3. The summed E-state index contributed by atoms with van der Waals surface area (Å²) in [6.45, 7) is 8.67. The normalized spacial score (nSPS) is 16.6. The van der Waals surface area contributed by atoms with Gasteiger partial charge < -0.3 is 14.1 Å². The minimum absolute atomic E-state index is 0.103. The quantitative estimate of drug-likeness (QED) is 0.649. The molecule has 0 bridgehead atoms. The summed E-state index contributed by atoms with van der Waals surface area (Å²) in [7, 11) is 0. The molecule has 3 aromatic rings. The van der Waals surface area contributed by atoms with Crippen molar-refractivity contribution in [3.05, 3.63) is 58.6 Å². The number of ether oxygens (including phenoxy) is 1. The molecule has 2 aliphatic heterocycles. The first-order chi connectivity index (χ1) is 14.6. The fourth-order valence-corrected chi connectivity index (χ4v) is 4.63. The molecule has 2 aliphatic rings. The van der Waals surface area contributed by atoms with Crippen LogP contribution in [-0.2, 0) is 19.4 Å². The maximum Gasteiger partial charge on any atom is 0.255 e. The lowest BCUT2D eigenvalue weighted by molar-refractivity contribution is 0.0712. The molecule has 1 aromatic carbocycles. The number of carbonyl (C=O) groups is 1. The van der Waals surface area contributed by atoms with Crippen LogP contribution in [0.25, 0.3) is 11.0 Å². The van der Waals surface area contributed by atoms with Crippen LogP contribution in [0.1, 0.15) is 39.9 Å². The van der Waals surface area contributed by atoms with Crippen LogP contribution in [-0.4, -0.2) is 53.5 Å². The van der Waals surface area contributed by atoms with Gasteiger partial charge >= 0.3 is 0 Å². The van der Waals surface area contributed by atoms with Crippen molar-refractivity contribution in [3.8, 4) is 5.75 Å². The highest BCUT2D eigenvalue weighted by Crippen LogP contribution is 2.35. The number of para-hydroxylation sites is 1. The second kappa shape index (κ2) is 7.76. The molecule has 0 atom stereocenters. The first-order valence-electron chi connectivity index (χ1n) is 10.8. The number of rotatable bonds is 5.